The molecule has 2 aromatic carbocycles. The molecule has 0 radical (unpaired) electrons. The molecule has 0 fully saturated rings. The maximum atomic E-state index is 13.3. The van der Waals surface area contributed by atoms with Crippen LogP contribution in [0.25, 0.3) is 5.57 Å². The third kappa shape index (κ3) is 4.42. The van der Waals surface area contributed by atoms with E-state index in [2.05, 4.69) is 10.3 Å². The van der Waals surface area contributed by atoms with Gasteiger partial charge in [0.05, 0.1) is 17.0 Å². The van der Waals surface area contributed by atoms with Crippen molar-refractivity contribution in [1.29, 1.82) is 0 Å². The molecule has 33 heavy (non-hydrogen) atoms. The Bertz CT molecular complexity index is 1240. The van der Waals surface area contributed by atoms with Crippen LogP contribution in [0.3, 0.4) is 0 Å². The molecule has 0 unspecified atom stereocenters. The van der Waals surface area contributed by atoms with Gasteiger partial charge in [-0.1, -0.05) is 6.07 Å². The van der Waals surface area contributed by atoms with Gasteiger partial charge in [-0.2, -0.15) is 0 Å². The van der Waals surface area contributed by atoms with Crippen molar-refractivity contribution in [2.24, 2.45) is 0 Å². The molecule has 1 aliphatic heterocycles. The highest BCUT2D eigenvalue weighted by molar-refractivity contribution is 6.36. The minimum absolute atomic E-state index is 0.0622. The first-order valence-corrected chi connectivity index (χ1v) is 10.1. The van der Waals surface area contributed by atoms with E-state index in [-0.39, 0.29) is 23.5 Å². The van der Waals surface area contributed by atoms with Crippen LogP contribution in [0.5, 0.6) is 0 Å². The van der Waals surface area contributed by atoms with Crippen LogP contribution in [0.1, 0.15) is 11.1 Å². The summed E-state index contributed by atoms with van der Waals surface area (Å²) in [5.74, 6) is -0.959. The van der Waals surface area contributed by atoms with E-state index in [1.165, 1.54) is 24.3 Å². The Labute approximate surface area is 190 Å². The van der Waals surface area contributed by atoms with Gasteiger partial charge in [-0.05, 0) is 53.6 Å². The summed E-state index contributed by atoms with van der Waals surface area (Å²) in [6.45, 7) is 0.0622. The van der Waals surface area contributed by atoms with E-state index < -0.39 is 16.7 Å². The zero-order valence-electron chi connectivity index (χ0n) is 18.1. The molecule has 166 valence electrons. The van der Waals surface area contributed by atoms with Gasteiger partial charge in [-0.25, -0.2) is 0 Å². The van der Waals surface area contributed by atoms with Gasteiger partial charge in [-0.3, -0.25) is 29.6 Å². The number of hydrogen-bond donors (Lipinski definition) is 1. The quantitative estimate of drug-likeness (QED) is 0.338. The second-order valence-corrected chi connectivity index (χ2v) is 7.68. The molecule has 9 heteroatoms. The third-order valence-electron chi connectivity index (χ3n) is 5.25. The number of nitrogens with zero attached hydrogens (tertiary/aromatic N) is 4. The predicted molar refractivity (Wildman–Crippen MR) is 124 cm³/mol. The van der Waals surface area contributed by atoms with Crippen molar-refractivity contribution in [3.8, 4) is 0 Å². The largest absolute Gasteiger partial charge is 0.378 e. The van der Waals surface area contributed by atoms with Gasteiger partial charge >= 0.3 is 0 Å². The molecule has 0 aliphatic carbocycles. The van der Waals surface area contributed by atoms with Crippen LogP contribution in [0.15, 0.2) is 78.8 Å². The van der Waals surface area contributed by atoms with E-state index in [1.807, 2.05) is 43.3 Å². The highest BCUT2D eigenvalue weighted by Crippen LogP contribution is 2.32. The Morgan fingerprint density at radius 1 is 1.00 bits per heavy atom. The molecule has 1 N–H and O–H groups in total. The van der Waals surface area contributed by atoms with Gasteiger partial charge in [0.25, 0.3) is 17.5 Å². The fourth-order valence-corrected chi connectivity index (χ4v) is 3.51. The number of nitro benzene ring substituents is 1. The van der Waals surface area contributed by atoms with Gasteiger partial charge in [0.2, 0.25) is 0 Å². The van der Waals surface area contributed by atoms with Gasteiger partial charge < -0.3 is 10.2 Å². The third-order valence-corrected chi connectivity index (χ3v) is 5.25. The molecule has 1 aliphatic rings. The molecule has 0 spiro atoms. The lowest BCUT2D eigenvalue weighted by molar-refractivity contribution is -0.384. The minimum atomic E-state index is -0.514. The number of hydrogen-bond acceptors (Lipinski definition) is 7. The maximum Gasteiger partial charge on any atom is 0.278 e. The predicted octanol–water partition coefficient (Wildman–Crippen LogP) is 3.45. The molecular weight excluding hydrogens is 422 g/mol. The van der Waals surface area contributed by atoms with Crippen LogP contribution in [0.2, 0.25) is 0 Å². The summed E-state index contributed by atoms with van der Waals surface area (Å²) in [7, 11) is 3.85. The van der Waals surface area contributed by atoms with Crippen molar-refractivity contribution in [2.45, 2.75) is 6.54 Å². The smallest absolute Gasteiger partial charge is 0.278 e. The molecule has 0 bridgehead atoms. The first-order chi connectivity index (χ1) is 15.8. The Hall–Kier alpha value is -4.53. The molecule has 2 amide bonds. The first-order valence-electron chi connectivity index (χ1n) is 10.1. The summed E-state index contributed by atoms with van der Waals surface area (Å²) < 4.78 is 0. The number of nitro groups is 1. The number of benzene rings is 2. The van der Waals surface area contributed by atoms with Gasteiger partial charge in [0, 0.05) is 50.0 Å². The number of imide groups is 1. The monoisotopic (exact) mass is 443 g/mol. The number of amides is 2. The van der Waals surface area contributed by atoms with Gasteiger partial charge in [0.1, 0.15) is 5.70 Å². The first kappa shape index (κ1) is 21.7. The molecule has 0 saturated carbocycles. The van der Waals surface area contributed by atoms with E-state index in [0.717, 1.165) is 10.6 Å². The molecule has 9 nitrogen and oxygen atoms in total. The van der Waals surface area contributed by atoms with Crippen LogP contribution in [0.4, 0.5) is 17.1 Å². The van der Waals surface area contributed by atoms with Gasteiger partial charge in [-0.15, -0.1) is 0 Å². The van der Waals surface area contributed by atoms with Gasteiger partial charge in [0.15, 0.2) is 0 Å². The molecular formula is C24H21N5O4. The van der Waals surface area contributed by atoms with Crippen LogP contribution in [-0.2, 0) is 16.1 Å². The number of anilines is 2. The number of rotatable bonds is 7. The molecule has 4 rings (SSSR count). The lowest BCUT2D eigenvalue weighted by Crippen LogP contribution is -2.32. The van der Waals surface area contributed by atoms with Crippen molar-refractivity contribution in [2.75, 3.05) is 24.3 Å². The number of aromatic nitrogens is 1. The summed E-state index contributed by atoms with van der Waals surface area (Å²) in [6, 6.07) is 16.5. The Morgan fingerprint density at radius 2 is 1.70 bits per heavy atom. The number of nitrogens with one attached hydrogen (secondary N) is 1. The molecule has 3 aromatic rings. The van der Waals surface area contributed by atoms with Crippen molar-refractivity contribution in [3.63, 3.8) is 0 Å². The fourth-order valence-electron chi connectivity index (χ4n) is 3.51. The average molecular weight is 443 g/mol. The van der Waals surface area contributed by atoms with Crippen LogP contribution < -0.4 is 10.2 Å². The summed E-state index contributed by atoms with van der Waals surface area (Å²) in [5, 5.41) is 14.1. The summed E-state index contributed by atoms with van der Waals surface area (Å²) in [4.78, 5) is 44.3. The standard InChI is InChI=1S/C24H21N5O4/c1-27(2)19-11-7-18(8-12-19)26-22-21(17-5-9-20(10-6-17)29(32)33)23(30)28(24(22)31)15-16-4-3-13-25-14-16/h3-14,26H,15H2,1-2H3. The summed E-state index contributed by atoms with van der Waals surface area (Å²) in [6.07, 6.45) is 3.21. The number of carbonyl (C=O) groups is 2. The molecule has 1 aromatic heterocycles. The summed E-state index contributed by atoms with van der Waals surface area (Å²) in [5.41, 5.74) is 2.93. The Kier molecular flexibility index (Phi) is 5.86. The van der Waals surface area contributed by atoms with Crippen LogP contribution in [0, 0.1) is 10.1 Å². The number of pyridine rings is 1. The summed E-state index contributed by atoms with van der Waals surface area (Å²) >= 11 is 0. The lowest BCUT2D eigenvalue weighted by Gasteiger charge is -2.16. The lowest BCUT2D eigenvalue weighted by atomic mass is 10.0. The molecule has 2 heterocycles. The fraction of sp³-hybridized carbons (Fsp3) is 0.125. The van der Waals surface area contributed by atoms with Crippen molar-refractivity contribution in [1.82, 2.24) is 9.88 Å². The normalized spacial score (nSPS) is 13.5. The van der Waals surface area contributed by atoms with Crippen molar-refractivity contribution in [3.05, 3.63) is 100.0 Å². The van der Waals surface area contributed by atoms with Crippen LogP contribution >= 0.6 is 0 Å². The second kappa shape index (κ2) is 8.91. The SMILES string of the molecule is CN(C)c1ccc(NC2=C(c3ccc([N+](=O)[O-])cc3)C(=O)N(Cc3cccnc3)C2=O)cc1. The van der Waals surface area contributed by atoms with Crippen LogP contribution in [-0.4, -0.2) is 40.7 Å². The second-order valence-electron chi connectivity index (χ2n) is 7.68. The topological polar surface area (TPSA) is 109 Å². The Morgan fingerprint density at radius 3 is 2.27 bits per heavy atom. The van der Waals surface area contributed by atoms with E-state index in [4.69, 9.17) is 0 Å². The van der Waals surface area contributed by atoms with E-state index in [0.29, 0.717) is 16.8 Å². The number of non-ortho nitro benzene ring substituents is 1. The van der Waals surface area contributed by atoms with E-state index in [9.17, 15) is 19.7 Å². The molecule has 0 saturated heterocycles. The highest BCUT2D eigenvalue weighted by atomic mass is 16.6. The number of carbonyl (C=O) groups excluding carboxylic acids is 2. The van der Waals surface area contributed by atoms with Crippen molar-refractivity contribution >= 4 is 34.4 Å². The van der Waals surface area contributed by atoms with E-state index in [1.54, 1.807) is 24.5 Å². The Balaban J connectivity index is 1.72. The zero-order chi connectivity index (χ0) is 23.5. The van der Waals surface area contributed by atoms with Crippen molar-refractivity contribution < 1.29 is 14.5 Å². The molecule has 0 atom stereocenters. The average Bonchev–Trinajstić information content (AvgIpc) is 3.04. The maximum absolute atomic E-state index is 13.3. The highest BCUT2D eigenvalue weighted by Gasteiger charge is 2.39. The zero-order valence-corrected chi connectivity index (χ0v) is 18.1. The van der Waals surface area contributed by atoms with E-state index >= 15 is 0 Å². The minimum Gasteiger partial charge on any atom is -0.378 e.